The lowest BCUT2D eigenvalue weighted by molar-refractivity contribution is -0.118. The molecule has 9 heteroatoms. The Morgan fingerprint density at radius 2 is 1.86 bits per heavy atom. The fourth-order valence-corrected chi connectivity index (χ4v) is 3.88. The standard InChI is InChI=1S/C19H20N4O3S2/c1-25-15-8-6-14(7-9-15)21-18-22-23-19(28-18)27-12-17(24)20-11-13-4-3-5-16(10-13)26-2/h3-10H,11-12H2,1-2H3,(H,20,24)(H,21,22). The molecule has 2 aromatic carbocycles. The van der Waals surface area contributed by atoms with Gasteiger partial charge in [-0.3, -0.25) is 4.79 Å². The van der Waals surface area contributed by atoms with Crippen LogP contribution in [-0.2, 0) is 11.3 Å². The van der Waals surface area contributed by atoms with E-state index in [0.717, 1.165) is 27.1 Å². The van der Waals surface area contributed by atoms with Gasteiger partial charge in [-0.1, -0.05) is 35.2 Å². The lowest BCUT2D eigenvalue weighted by Crippen LogP contribution is -2.24. The van der Waals surface area contributed by atoms with Crippen molar-refractivity contribution < 1.29 is 14.3 Å². The molecule has 3 rings (SSSR count). The number of anilines is 2. The average Bonchev–Trinajstić information content (AvgIpc) is 3.18. The monoisotopic (exact) mass is 416 g/mol. The summed E-state index contributed by atoms with van der Waals surface area (Å²) in [4.78, 5) is 12.1. The average molecular weight is 417 g/mol. The summed E-state index contributed by atoms with van der Waals surface area (Å²) in [5.74, 6) is 1.78. The number of hydrogen-bond acceptors (Lipinski definition) is 8. The van der Waals surface area contributed by atoms with Crippen LogP contribution in [0.15, 0.2) is 52.9 Å². The van der Waals surface area contributed by atoms with E-state index >= 15 is 0 Å². The first-order valence-electron chi connectivity index (χ1n) is 8.43. The van der Waals surface area contributed by atoms with Gasteiger partial charge in [-0.25, -0.2) is 0 Å². The molecule has 0 saturated carbocycles. The minimum Gasteiger partial charge on any atom is -0.497 e. The topological polar surface area (TPSA) is 85.4 Å². The first-order chi connectivity index (χ1) is 13.7. The van der Waals surface area contributed by atoms with Crippen LogP contribution in [0.3, 0.4) is 0 Å². The van der Waals surface area contributed by atoms with E-state index in [0.29, 0.717) is 11.7 Å². The SMILES string of the molecule is COc1ccc(Nc2nnc(SCC(=O)NCc3cccc(OC)c3)s2)cc1. The van der Waals surface area contributed by atoms with Gasteiger partial charge in [-0.05, 0) is 42.0 Å². The van der Waals surface area contributed by atoms with Crippen molar-refractivity contribution in [3.8, 4) is 11.5 Å². The molecule has 0 spiro atoms. The van der Waals surface area contributed by atoms with Gasteiger partial charge in [0.25, 0.3) is 0 Å². The van der Waals surface area contributed by atoms with E-state index < -0.39 is 0 Å². The van der Waals surface area contributed by atoms with E-state index in [1.165, 1.54) is 23.1 Å². The Morgan fingerprint density at radius 1 is 1.07 bits per heavy atom. The highest BCUT2D eigenvalue weighted by Crippen LogP contribution is 2.28. The summed E-state index contributed by atoms with van der Waals surface area (Å²) in [7, 11) is 3.25. The van der Waals surface area contributed by atoms with Crippen LogP contribution >= 0.6 is 23.1 Å². The number of nitrogens with zero attached hydrogens (tertiary/aromatic N) is 2. The van der Waals surface area contributed by atoms with E-state index in [4.69, 9.17) is 9.47 Å². The quantitative estimate of drug-likeness (QED) is 0.514. The number of carbonyl (C=O) groups is 1. The van der Waals surface area contributed by atoms with E-state index in [9.17, 15) is 4.79 Å². The Kier molecular flexibility index (Phi) is 7.10. The van der Waals surface area contributed by atoms with Gasteiger partial charge in [0.1, 0.15) is 11.5 Å². The van der Waals surface area contributed by atoms with Crippen molar-refractivity contribution in [1.82, 2.24) is 15.5 Å². The van der Waals surface area contributed by atoms with Crippen LogP contribution < -0.4 is 20.1 Å². The third kappa shape index (κ3) is 5.86. The molecule has 3 aromatic rings. The number of nitrogens with one attached hydrogen (secondary N) is 2. The van der Waals surface area contributed by atoms with E-state index in [-0.39, 0.29) is 11.7 Å². The Balaban J connectivity index is 1.44. The van der Waals surface area contributed by atoms with Crippen molar-refractivity contribution >= 4 is 39.8 Å². The van der Waals surface area contributed by atoms with E-state index in [1.54, 1.807) is 14.2 Å². The number of thioether (sulfide) groups is 1. The second-order valence-corrected chi connectivity index (χ2v) is 7.84. The summed E-state index contributed by atoms with van der Waals surface area (Å²) in [5, 5.41) is 15.0. The van der Waals surface area contributed by atoms with Crippen LogP contribution in [0.25, 0.3) is 0 Å². The molecule has 0 radical (unpaired) electrons. The second-order valence-electron chi connectivity index (χ2n) is 5.64. The highest BCUT2D eigenvalue weighted by Gasteiger charge is 2.09. The molecule has 0 aliphatic heterocycles. The summed E-state index contributed by atoms with van der Waals surface area (Å²) >= 11 is 2.76. The Hall–Kier alpha value is -2.78. The van der Waals surface area contributed by atoms with Crippen molar-refractivity contribution in [3.05, 3.63) is 54.1 Å². The summed E-state index contributed by atoms with van der Waals surface area (Å²) < 4.78 is 11.0. The van der Waals surface area contributed by atoms with Crippen molar-refractivity contribution in [2.45, 2.75) is 10.9 Å². The highest BCUT2D eigenvalue weighted by atomic mass is 32.2. The van der Waals surface area contributed by atoms with Gasteiger partial charge in [0.2, 0.25) is 11.0 Å². The van der Waals surface area contributed by atoms with Gasteiger partial charge in [0.15, 0.2) is 4.34 Å². The van der Waals surface area contributed by atoms with Crippen molar-refractivity contribution in [1.29, 1.82) is 0 Å². The molecule has 0 saturated heterocycles. The third-order valence-electron chi connectivity index (χ3n) is 3.70. The van der Waals surface area contributed by atoms with Crippen molar-refractivity contribution in [2.24, 2.45) is 0 Å². The zero-order chi connectivity index (χ0) is 19.8. The van der Waals surface area contributed by atoms with Crippen LogP contribution in [0.4, 0.5) is 10.8 Å². The minimum atomic E-state index is -0.0623. The molecule has 2 N–H and O–H groups in total. The molecule has 7 nitrogen and oxygen atoms in total. The Labute approximate surface area is 171 Å². The molecule has 0 atom stereocenters. The smallest absolute Gasteiger partial charge is 0.230 e. The molecule has 28 heavy (non-hydrogen) atoms. The van der Waals surface area contributed by atoms with Crippen LogP contribution in [0.5, 0.6) is 11.5 Å². The number of ether oxygens (including phenoxy) is 2. The fraction of sp³-hybridized carbons (Fsp3) is 0.211. The van der Waals surface area contributed by atoms with Gasteiger partial charge in [-0.15, -0.1) is 10.2 Å². The van der Waals surface area contributed by atoms with Crippen LogP contribution in [0, 0.1) is 0 Å². The highest BCUT2D eigenvalue weighted by molar-refractivity contribution is 8.01. The molecule has 146 valence electrons. The first-order valence-corrected chi connectivity index (χ1v) is 10.2. The van der Waals surface area contributed by atoms with Crippen molar-refractivity contribution in [2.75, 3.05) is 25.3 Å². The normalized spacial score (nSPS) is 10.4. The Morgan fingerprint density at radius 3 is 2.61 bits per heavy atom. The molecule has 0 fully saturated rings. The van der Waals surface area contributed by atoms with E-state index in [2.05, 4.69) is 20.8 Å². The molecular formula is C19H20N4O3S2. The molecule has 0 aliphatic carbocycles. The molecule has 0 unspecified atom stereocenters. The first kappa shape index (κ1) is 20.0. The van der Waals surface area contributed by atoms with Gasteiger partial charge in [0.05, 0.1) is 20.0 Å². The van der Waals surface area contributed by atoms with E-state index in [1.807, 2.05) is 48.5 Å². The van der Waals surface area contributed by atoms with Crippen LogP contribution in [-0.4, -0.2) is 36.1 Å². The molecule has 1 aromatic heterocycles. The van der Waals surface area contributed by atoms with Crippen molar-refractivity contribution in [3.63, 3.8) is 0 Å². The Bertz CT molecular complexity index is 916. The number of hydrogen-bond donors (Lipinski definition) is 2. The molecule has 0 bridgehead atoms. The molecular weight excluding hydrogens is 396 g/mol. The largest absolute Gasteiger partial charge is 0.497 e. The number of aromatic nitrogens is 2. The number of carbonyl (C=O) groups excluding carboxylic acids is 1. The number of benzene rings is 2. The summed E-state index contributed by atoms with van der Waals surface area (Å²) in [6, 6.07) is 15.1. The predicted molar refractivity (Wildman–Crippen MR) is 112 cm³/mol. The summed E-state index contributed by atoms with van der Waals surface area (Å²) in [5.41, 5.74) is 1.88. The lowest BCUT2D eigenvalue weighted by atomic mass is 10.2. The maximum Gasteiger partial charge on any atom is 0.230 e. The number of methoxy groups -OCH3 is 2. The zero-order valence-corrected chi connectivity index (χ0v) is 17.1. The number of rotatable bonds is 9. The van der Waals surface area contributed by atoms with Gasteiger partial charge in [0, 0.05) is 12.2 Å². The summed E-state index contributed by atoms with van der Waals surface area (Å²) in [6.45, 7) is 0.455. The second kappa shape index (κ2) is 9.95. The summed E-state index contributed by atoms with van der Waals surface area (Å²) in [6.07, 6.45) is 0. The predicted octanol–water partition coefficient (Wildman–Crippen LogP) is 3.71. The number of amides is 1. The van der Waals surface area contributed by atoms with Gasteiger partial charge in [-0.2, -0.15) is 0 Å². The minimum absolute atomic E-state index is 0.0623. The van der Waals surface area contributed by atoms with Gasteiger partial charge >= 0.3 is 0 Å². The van der Waals surface area contributed by atoms with Crippen LogP contribution in [0.2, 0.25) is 0 Å². The fourth-order valence-electron chi connectivity index (χ4n) is 2.28. The molecule has 0 aliphatic rings. The molecule has 1 amide bonds. The van der Waals surface area contributed by atoms with Gasteiger partial charge < -0.3 is 20.1 Å². The van der Waals surface area contributed by atoms with Crippen LogP contribution in [0.1, 0.15) is 5.56 Å². The maximum atomic E-state index is 12.1. The third-order valence-corrected chi connectivity index (χ3v) is 5.67. The lowest BCUT2D eigenvalue weighted by Gasteiger charge is -2.06. The maximum absolute atomic E-state index is 12.1. The zero-order valence-electron chi connectivity index (χ0n) is 15.5. The molecule has 1 heterocycles.